The van der Waals surface area contributed by atoms with Crippen LogP contribution in [0.3, 0.4) is 0 Å². The van der Waals surface area contributed by atoms with Gasteiger partial charge in [0.1, 0.15) is 5.69 Å². The van der Waals surface area contributed by atoms with Crippen molar-refractivity contribution in [3.63, 3.8) is 0 Å². The highest BCUT2D eigenvalue weighted by molar-refractivity contribution is 6.14. The molecular formula is C14H12N4O. The number of fused-ring (bicyclic) bond motifs is 1. The molecule has 0 spiro atoms. The molecular weight excluding hydrogens is 240 g/mol. The normalized spacial score (nSPS) is 10.8. The SMILES string of the molecule is Cc1cnn(C)c1C(=O)c1cccc2nccnc12. The molecule has 0 unspecified atom stereocenters. The molecule has 5 nitrogen and oxygen atoms in total. The zero-order chi connectivity index (χ0) is 13.4. The lowest BCUT2D eigenvalue weighted by atomic mass is 10.0. The summed E-state index contributed by atoms with van der Waals surface area (Å²) in [4.78, 5) is 21.1. The van der Waals surface area contributed by atoms with E-state index in [-0.39, 0.29) is 5.78 Å². The Bertz CT molecular complexity index is 751. The predicted molar refractivity (Wildman–Crippen MR) is 70.9 cm³/mol. The van der Waals surface area contributed by atoms with E-state index in [9.17, 15) is 4.79 Å². The summed E-state index contributed by atoms with van der Waals surface area (Å²) in [5.74, 6) is -0.0800. The molecule has 2 heterocycles. The molecule has 19 heavy (non-hydrogen) atoms. The average molecular weight is 252 g/mol. The van der Waals surface area contributed by atoms with E-state index in [1.807, 2.05) is 19.1 Å². The number of nitrogens with zero attached hydrogens (tertiary/aromatic N) is 4. The van der Waals surface area contributed by atoms with Crippen molar-refractivity contribution in [2.75, 3.05) is 0 Å². The van der Waals surface area contributed by atoms with Gasteiger partial charge in [-0.1, -0.05) is 6.07 Å². The van der Waals surface area contributed by atoms with Crippen LogP contribution in [0.2, 0.25) is 0 Å². The fraction of sp³-hybridized carbons (Fsp3) is 0.143. The van der Waals surface area contributed by atoms with Crippen molar-refractivity contribution in [2.24, 2.45) is 7.05 Å². The summed E-state index contributed by atoms with van der Waals surface area (Å²) in [7, 11) is 1.76. The third-order valence-corrected chi connectivity index (χ3v) is 3.08. The molecule has 0 aliphatic rings. The van der Waals surface area contributed by atoms with Gasteiger partial charge in [0.15, 0.2) is 0 Å². The molecule has 94 valence electrons. The summed E-state index contributed by atoms with van der Waals surface area (Å²) in [6.45, 7) is 1.87. The van der Waals surface area contributed by atoms with E-state index in [0.29, 0.717) is 22.3 Å². The van der Waals surface area contributed by atoms with Crippen molar-refractivity contribution in [1.82, 2.24) is 19.7 Å². The second-order valence-electron chi connectivity index (χ2n) is 4.36. The molecule has 0 fully saturated rings. The predicted octanol–water partition coefficient (Wildman–Crippen LogP) is 1.90. The summed E-state index contributed by atoms with van der Waals surface area (Å²) in [6.07, 6.45) is 4.89. The summed E-state index contributed by atoms with van der Waals surface area (Å²) in [5.41, 5.74) is 3.33. The minimum Gasteiger partial charge on any atom is -0.287 e. The number of carbonyl (C=O) groups excluding carboxylic acids is 1. The smallest absolute Gasteiger partial charge is 0.213 e. The Morgan fingerprint density at radius 1 is 1.21 bits per heavy atom. The van der Waals surface area contributed by atoms with Crippen LogP contribution in [0.5, 0.6) is 0 Å². The van der Waals surface area contributed by atoms with Crippen LogP contribution >= 0.6 is 0 Å². The molecule has 3 aromatic rings. The Balaban J connectivity index is 2.23. The van der Waals surface area contributed by atoms with Gasteiger partial charge >= 0.3 is 0 Å². The highest BCUT2D eigenvalue weighted by atomic mass is 16.1. The van der Waals surface area contributed by atoms with E-state index in [1.165, 1.54) is 0 Å². The van der Waals surface area contributed by atoms with Crippen LogP contribution in [0.15, 0.2) is 36.8 Å². The maximum atomic E-state index is 12.6. The molecule has 5 heteroatoms. The number of para-hydroxylation sites is 1. The van der Waals surface area contributed by atoms with Gasteiger partial charge in [-0.25, -0.2) is 0 Å². The van der Waals surface area contributed by atoms with Gasteiger partial charge in [-0.15, -0.1) is 0 Å². The number of aryl methyl sites for hydroxylation is 2. The van der Waals surface area contributed by atoms with Crippen molar-refractivity contribution in [2.45, 2.75) is 6.92 Å². The average Bonchev–Trinajstić information content (AvgIpc) is 2.77. The van der Waals surface area contributed by atoms with Gasteiger partial charge in [-0.2, -0.15) is 5.10 Å². The third kappa shape index (κ3) is 1.79. The largest absolute Gasteiger partial charge is 0.287 e. The Kier molecular flexibility index (Phi) is 2.59. The van der Waals surface area contributed by atoms with Crippen LogP contribution in [-0.2, 0) is 7.05 Å². The molecule has 0 amide bonds. The van der Waals surface area contributed by atoms with Crippen LogP contribution in [0, 0.1) is 6.92 Å². The maximum absolute atomic E-state index is 12.6. The van der Waals surface area contributed by atoms with Gasteiger partial charge in [0.05, 0.1) is 22.8 Å². The second kappa shape index (κ2) is 4.28. The third-order valence-electron chi connectivity index (χ3n) is 3.08. The monoisotopic (exact) mass is 252 g/mol. The second-order valence-corrected chi connectivity index (χ2v) is 4.36. The van der Waals surface area contributed by atoms with E-state index in [2.05, 4.69) is 15.1 Å². The van der Waals surface area contributed by atoms with Crippen molar-refractivity contribution >= 4 is 16.8 Å². The van der Waals surface area contributed by atoms with Crippen LogP contribution in [0.4, 0.5) is 0 Å². The van der Waals surface area contributed by atoms with Crippen LogP contribution in [0.25, 0.3) is 11.0 Å². The summed E-state index contributed by atoms with van der Waals surface area (Å²) >= 11 is 0. The Labute approximate surface area is 109 Å². The van der Waals surface area contributed by atoms with Gasteiger partial charge in [-0.3, -0.25) is 19.4 Å². The molecule has 3 rings (SSSR count). The van der Waals surface area contributed by atoms with Gasteiger partial charge in [0.2, 0.25) is 5.78 Å². The van der Waals surface area contributed by atoms with Gasteiger partial charge in [-0.05, 0) is 24.6 Å². The number of hydrogen-bond acceptors (Lipinski definition) is 4. The highest BCUT2D eigenvalue weighted by Crippen LogP contribution is 2.19. The lowest BCUT2D eigenvalue weighted by Gasteiger charge is -2.05. The van der Waals surface area contributed by atoms with Crippen molar-refractivity contribution in [3.05, 3.63) is 53.6 Å². The van der Waals surface area contributed by atoms with Crippen molar-refractivity contribution in [1.29, 1.82) is 0 Å². The Hall–Kier alpha value is -2.56. The minimum atomic E-state index is -0.0800. The molecule has 0 aliphatic carbocycles. The molecule has 0 N–H and O–H groups in total. The molecule has 1 aromatic carbocycles. The van der Waals surface area contributed by atoms with E-state index in [4.69, 9.17) is 0 Å². The summed E-state index contributed by atoms with van der Waals surface area (Å²) in [5, 5.41) is 4.10. The molecule has 0 aliphatic heterocycles. The number of aromatic nitrogens is 4. The van der Waals surface area contributed by atoms with Crippen LogP contribution < -0.4 is 0 Å². The zero-order valence-corrected chi connectivity index (χ0v) is 10.7. The molecule has 0 saturated heterocycles. The molecule has 2 aromatic heterocycles. The number of hydrogen-bond donors (Lipinski definition) is 0. The topological polar surface area (TPSA) is 60.7 Å². The molecule has 0 atom stereocenters. The summed E-state index contributed by atoms with van der Waals surface area (Å²) in [6, 6.07) is 5.43. The first-order valence-corrected chi connectivity index (χ1v) is 5.91. The maximum Gasteiger partial charge on any atom is 0.213 e. The van der Waals surface area contributed by atoms with Crippen molar-refractivity contribution < 1.29 is 4.79 Å². The number of carbonyl (C=O) groups is 1. The highest BCUT2D eigenvalue weighted by Gasteiger charge is 2.19. The Morgan fingerprint density at radius 3 is 2.74 bits per heavy atom. The van der Waals surface area contributed by atoms with Gasteiger partial charge in [0, 0.05) is 19.4 Å². The molecule has 0 radical (unpaired) electrons. The Morgan fingerprint density at radius 2 is 2.00 bits per heavy atom. The zero-order valence-electron chi connectivity index (χ0n) is 10.7. The number of rotatable bonds is 2. The first kappa shape index (κ1) is 11.5. The fourth-order valence-electron chi connectivity index (χ4n) is 2.18. The molecule has 0 saturated carbocycles. The number of benzene rings is 1. The van der Waals surface area contributed by atoms with Gasteiger partial charge in [0.25, 0.3) is 0 Å². The number of ketones is 1. The molecule has 0 bridgehead atoms. The van der Waals surface area contributed by atoms with E-state index in [0.717, 1.165) is 5.56 Å². The lowest BCUT2D eigenvalue weighted by Crippen LogP contribution is -2.10. The first-order chi connectivity index (χ1) is 9.18. The fourth-order valence-corrected chi connectivity index (χ4v) is 2.18. The first-order valence-electron chi connectivity index (χ1n) is 5.91. The standard InChI is InChI=1S/C14H12N4O/c1-9-8-17-18(2)13(9)14(19)10-4-3-5-11-12(10)16-7-6-15-11/h3-8H,1-2H3. The van der Waals surface area contributed by atoms with Crippen molar-refractivity contribution in [3.8, 4) is 0 Å². The quantitative estimate of drug-likeness (QED) is 0.653. The van der Waals surface area contributed by atoms with E-state index in [1.54, 1.807) is 36.4 Å². The minimum absolute atomic E-state index is 0.0800. The van der Waals surface area contributed by atoms with Gasteiger partial charge < -0.3 is 0 Å². The van der Waals surface area contributed by atoms with Crippen LogP contribution in [0.1, 0.15) is 21.6 Å². The van der Waals surface area contributed by atoms with Crippen LogP contribution in [-0.4, -0.2) is 25.5 Å². The van der Waals surface area contributed by atoms with E-state index < -0.39 is 0 Å². The van der Waals surface area contributed by atoms with E-state index >= 15 is 0 Å². The lowest BCUT2D eigenvalue weighted by molar-refractivity contribution is 0.103. The summed E-state index contributed by atoms with van der Waals surface area (Å²) < 4.78 is 1.59.